The molecule has 0 bridgehead atoms. The summed E-state index contributed by atoms with van der Waals surface area (Å²) >= 11 is 0. The number of carbonyl (C=O) groups is 1. The lowest BCUT2D eigenvalue weighted by Crippen LogP contribution is -2.42. The fraction of sp³-hybridized carbons (Fsp3) is 0.500. The van der Waals surface area contributed by atoms with Gasteiger partial charge in [0.15, 0.2) is 17.3 Å². The van der Waals surface area contributed by atoms with Crippen molar-refractivity contribution < 1.29 is 15.0 Å². The molecule has 4 nitrogen and oxygen atoms in total. The van der Waals surface area contributed by atoms with Crippen LogP contribution in [0.1, 0.15) is 36.5 Å². The molecule has 0 aliphatic carbocycles. The number of rotatable bonds is 3. The van der Waals surface area contributed by atoms with Crippen molar-refractivity contribution in [2.45, 2.75) is 32.2 Å². The predicted octanol–water partition coefficient (Wildman–Crippen LogP) is 2.15. The average molecular weight is 249 g/mol. The van der Waals surface area contributed by atoms with Crippen LogP contribution in [0.4, 0.5) is 0 Å². The van der Waals surface area contributed by atoms with E-state index >= 15 is 0 Å². The van der Waals surface area contributed by atoms with Crippen LogP contribution in [-0.2, 0) is 0 Å². The maximum absolute atomic E-state index is 12.3. The zero-order valence-corrected chi connectivity index (χ0v) is 10.6. The molecule has 1 unspecified atom stereocenters. The number of phenols is 2. The number of ketones is 1. The molecule has 0 amide bonds. The van der Waals surface area contributed by atoms with Crippen molar-refractivity contribution in [3.8, 4) is 11.5 Å². The van der Waals surface area contributed by atoms with E-state index in [9.17, 15) is 15.0 Å². The van der Waals surface area contributed by atoms with Crippen LogP contribution < -0.4 is 0 Å². The lowest BCUT2D eigenvalue weighted by Gasteiger charge is -2.31. The monoisotopic (exact) mass is 249 g/mol. The minimum Gasteiger partial charge on any atom is -0.504 e. The van der Waals surface area contributed by atoms with Crippen molar-refractivity contribution in [3.63, 3.8) is 0 Å². The molecule has 1 fully saturated rings. The van der Waals surface area contributed by atoms with Crippen LogP contribution in [0.15, 0.2) is 18.2 Å². The van der Waals surface area contributed by atoms with E-state index in [4.69, 9.17) is 0 Å². The number of carbonyl (C=O) groups excluding carboxylic acids is 1. The molecule has 2 N–H and O–H groups in total. The quantitative estimate of drug-likeness (QED) is 0.636. The first kappa shape index (κ1) is 12.9. The van der Waals surface area contributed by atoms with Crippen LogP contribution in [-0.4, -0.2) is 40.0 Å². The fourth-order valence-electron chi connectivity index (χ4n) is 2.39. The molecule has 1 saturated heterocycles. The van der Waals surface area contributed by atoms with Crippen LogP contribution in [0.25, 0.3) is 0 Å². The number of Topliss-reactive ketones (excluding diaryl/α,β-unsaturated/α-hetero) is 1. The third-order valence-electron chi connectivity index (χ3n) is 3.58. The van der Waals surface area contributed by atoms with Crippen LogP contribution >= 0.6 is 0 Å². The second kappa shape index (κ2) is 5.40. The first-order chi connectivity index (χ1) is 8.59. The van der Waals surface area contributed by atoms with Crippen molar-refractivity contribution in [1.29, 1.82) is 0 Å². The third kappa shape index (κ3) is 2.64. The molecule has 1 aliphatic rings. The molecule has 1 aliphatic heterocycles. The summed E-state index contributed by atoms with van der Waals surface area (Å²) in [5.74, 6) is -0.448. The number of phenolic OH excluding ortho intramolecular Hbond substituents is 2. The molecule has 0 saturated carbocycles. The molecule has 0 radical (unpaired) electrons. The van der Waals surface area contributed by atoms with Crippen LogP contribution in [0.2, 0.25) is 0 Å². The lowest BCUT2D eigenvalue weighted by atomic mass is 10.0. The molecule has 1 aromatic carbocycles. The van der Waals surface area contributed by atoms with Crippen molar-refractivity contribution in [2.75, 3.05) is 13.1 Å². The van der Waals surface area contributed by atoms with Crippen LogP contribution in [0, 0.1) is 0 Å². The summed E-state index contributed by atoms with van der Waals surface area (Å²) in [6.45, 7) is 3.81. The normalized spacial score (nSPS) is 18.5. The van der Waals surface area contributed by atoms with E-state index in [1.165, 1.54) is 18.6 Å². The highest BCUT2D eigenvalue weighted by Crippen LogP contribution is 2.26. The Morgan fingerprint density at radius 1 is 1.17 bits per heavy atom. The van der Waals surface area contributed by atoms with E-state index in [-0.39, 0.29) is 23.3 Å². The molecule has 0 aromatic heterocycles. The zero-order chi connectivity index (χ0) is 13.1. The SMILES string of the molecule is CC(C(=O)c1ccc(O)c(O)c1)N1CCCCC1. The predicted molar refractivity (Wildman–Crippen MR) is 69.0 cm³/mol. The van der Waals surface area contributed by atoms with Gasteiger partial charge in [-0.05, 0) is 51.1 Å². The van der Waals surface area contributed by atoms with Gasteiger partial charge in [-0.25, -0.2) is 0 Å². The van der Waals surface area contributed by atoms with Gasteiger partial charge in [0, 0.05) is 5.56 Å². The number of aromatic hydroxyl groups is 2. The highest BCUT2D eigenvalue weighted by molar-refractivity contribution is 6.00. The summed E-state index contributed by atoms with van der Waals surface area (Å²) in [5, 5.41) is 18.7. The summed E-state index contributed by atoms with van der Waals surface area (Å²) in [6, 6.07) is 4.07. The molecule has 2 rings (SSSR count). The van der Waals surface area contributed by atoms with Gasteiger partial charge < -0.3 is 10.2 Å². The van der Waals surface area contributed by atoms with Crippen molar-refractivity contribution >= 4 is 5.78 Å². The minimum absolute atomic E-state index is 0.00722. The summed E-state index contributed by atoms with van der Waals surface area (Å²) in [6.07, 6.45) is 3.51. The first-order valence-corrected chi connectivity index (χ1v) is 6.40. The Balaban J connectivity index is 2.11. The number of hydrogen-bond donors (Lipinski definition) is 2. The molecular formula is C14H19NO3. The van der Waals surface area contributed by atoms with Crippen molar-refractivity contribution in [1.82, 2.24) is 4.90 Å². The Bertz CT molecular complexity index is 439. The third-order valence-corrected chi connectivity index (χ3v) is 3.58. The Kier molecular flexibility index (Phi) is 3.87. The van der Waals surface area contributed by atoms with E-state index < -0.39 is 0 Å². The summed E-state index contributed by atoms with van der Waals surface area (Å²) < 4.78 is 0. The van der Waals surface area contributed by atoms with Crippen molar-refractivity contribution in [3.05, 3.63) is 23.8 Å². The van der Waals surface area contributed by atoms with Gasteiger partial charge in [0.2, 0.25) is 0 Å². The Morgan fingerprint density at radius 3 is 2.44 bits per heavy atom. The highest BCUT2D eigenvalue weighted by atomic mass is 16.3. The van der Waals surface area contributed by atoms with Gasteiger partial charge in [-0.3, -0.25) is 9.69 Å². The van der Waals surface area contributed by atoms with E-state index in [0.29, 0.717) is 5.56 Å². The molecule has 1 atom stereocenters. The van der Waals surface area contributed by atoms with Gasteiger partial charge in [-0.15, -0.1) is 0 Å². The van der Waals surface area contributed by atoms with Crippen LogP contribution in [0.5, 0.6) is 11.5 Å². The molecule has 98 valence electrons. The molecule has 18 heavy (non-hydrogen) atoms. The Hall–Kier alpha value is -1.55. The Morgan fingerprint density at radius 2 is 1.83 bits per heavy atom. The summed E-state index contributed by atoms with van der Waals surface area (Å²) in [4.78, 5) is 14.4. The summed E-state index contributed by atoms with van der Waals surface area (Å²) in [7, 11) is 0. The second-order valence-corrected chi connectivity index (χ2v) is 4.84. The summed E-state index contributed by atoms with van der Waals surface area (Å²) in [5.41, 5.74) is 0.448. The van der Waals surface area contributed by atoms with E-state index in [0.717, 1.165) is 25.9 Å². The Labute approximate surface area is 107 Å². The standard InChI is InChI=1S/C14H19NO3/c1-10(15-7-3-2-4-8-15)14(18)11-5-6-12(16)13(17)9-11/h5-6,9-10,16-17H,2-4,7-8H2,1H3. The largest absolute Gasteiger partial charge is 0.504 e. The van der Waals surface area contributed by atoms with Gasteiger partial charge in [0.05, 0.1) is 6.04 Å². The fourth-order valence-corrected chi connectivity index (χ4v) is 2.39. The zero-order valence-electron chi connectivity index (χ0n) is 10.6. The minimum atomic E-state index is -0.244. The van der Waals surface area contributed by atoms with Crippen molar-refractivity contribution in [2.24, 2.45) is 0 Å². The molecule has 0 spiro atoms. The average Bonchev–Trinajstić information content (AvgIpc) is 2.41. The van der Waals surface area contributed by atoms with Gasteiger partial charge in [-0.2, -0.15) is 0 Å². The molecular weight excluding hydrogens is 230 g/mol. The van der Waals surface area contributed by atoms with E-state index in [1.807, 2.05) is 6.92 Å². The highest BCUT2D eigenvalue weighted by Gasteiger charge is 2.24. The topological polar surface area (TPSA) is 60.8 Å². The first-order valence-electron chi connectivity index (χ1n) is 6.40. The maximum atomic E-state index is 12.3. The molecule has 1 aromatic rings. The van der Waals surface area contributed by atoms with E-state index in [2.05, 4.69) is 4.90 Å². The van der Waals surface area contributed by atoms with Gasteiger partial charge >= 0.3 is 0 Å². The lowest BCUT2D eigenvalue weighted by molar-refractivity contribution is 0.0808. The molecule has 1 heterocycles. The molecule has 4 heteroatoms. The number of hydrogen-bond acceptors (Lipinski definition) is 4. The second-order valence-electron chi connectivity index (χ2n) is 4.84. The van der Waals surface area contributed by atoms with E-state index in [1.54, 1.807) is 6.07 Å². The number of likely N-dealkylation sites (tertiary alicyclic amines) is 1. The smallest absolute Gasteiger partial charge is 0.179 e. The van der Waals surface area contributed by atoms with Crippen LogP contribution in [0.3, 0.4) is 0 Å². The number of benzene rings is 1. The maximum Gasteiger partial charge on any atom is 0.179 e. The van der Waals surface area contributed by atoms with Gasteiger partial charge in [-0.1, -0.05) is 6.42 Å². The number of nitrogens with zero attached hydrogens (tertiary/aromatic N) is 1. The number of piperidine rings is 1. The van der Waals surface area contributed by atoms with Gasteiger partial charge in [0.1, 0.15) is 0 Å². The van der Waals surface area contributed by atoms with Gasteiger partial charge in [0.25, 0.3) is 0 Å².